The molecule has 2 aromatic rings. The van der Waals surface area contributed by atoms with E-state index in [0.29, 0.717) is 15.8 Å². The van der Waals surface area contributed by atoms with Gasteiger partial charge in [0.05, 0.1) is 22.4 Å². The minimum atomic E-state index is -0.109. The minimum Gasteiger partial charge on any atom is -0.484 e. The Bertz CT molecular complexity index is 683. The molecule has 1 aliphatic rings. The van der Waals surface area contributed by atoms with Gasteiger partial charge >= 0.3 is 0 Å². The highest BCUT2D eigenvalue weighted by Crippen LogP contribution is 2.34. The van der Waals surface area contributed by atoms with Gasteiger partial charge in [-0.3, -0.25) is 4.79 Å². The lowest BCUT2D eigenvalue weighted by molar-refractivity contribution is -0.136. The molecule has 4 nitrogen and oxygen atoms in total. The summed E-state index contributed by atoms with van der Waals surface area (Å²) in [6.07, 6.45) is 3.65. The van der Waals surface area contributed by atoms with Crippen LogP contribution in [-0.4, -0.2) is 23.5 Å². The number of halogens is 2. The molecule has 1 unspecified atom stereocenters. The van der Waals surface area contributed by atoms with Crippen molar-refractivity contribution >= 4 is 29.1 Å². The Balaban J connectivity index is 1.66. The van der Waals surface area contributed by atoms with Crippen LogP contribution in [0.3, 0.4) is 0 Å². The highest BCUT2D eigenvalue weighted by Gasteiger charge is 2.37. The molecule has 1 aromatic heterocycles. The van der Waals surface area contributed by atoms with Crippen LogP contribution in [0.1, 0.15) is 31.6 Å². The van der Waals surface area contributed by atoms with E-state index < -0.39 is 0 Å². The van der Waals surface area contributed by atoms with Crippen molar-refractivity contribution in [3.63, 3.8) is 0 Å². The fourth-order valence-electron chi connectivity index (χ4n) is 2.54. The lowest BCUT2D eigenvalue weighted by atomic mass is 10.2. The topological polar surface area (TPSA) is 42.7 Å². The van der Waals surface area contributed by atoms with Gasteiger partial charge < -0.3 is 14.1 Å². The van der Waals surface area contributed by atoms with E-state index in [2.05, 4.69) is 0 Å². The van der Waals surface area contributed by atoms with Gasteiger partial charge in [0.25, 0.3) is 5.91 Å². The number of furan rings is 1. The van der Waals surface area contributed by atoms with E-state index in [1.165, 1.54) is 0 Å². The smallest absolute Gasteiger partial charge is 0.261 e. The molecule has 23 heavy (non-hydrogen) atoms. The van der Waals surface area contributed by atoms with E-state index in [1.807, 2.05) is 24.0 Å². The van der Waals surface area contributed by atoms with Crippen molar-refractivity contribution in [2.24, 2.45) is 0 Å². The maximum atomic E-state index is 12.6. The zero-order valence-electron chi connectivity index (χ0n) is 12.7. The van der Waals surface area contributed by atoms with Gasteiger partial charge in [-0.2, -0.15) is 0 Å². The molecule has 3 rings (SSSR count). The molecule has 0 N–H and O–H groups in total. The zero-order valence-corrected chi connectivity index (χ0v) is 14.2. The molecule has 6 heteroatoms. The van der Waals surface area contributed by atoms with Crippen LogP contribution in [0.25, 0.3) is 0 Å². The SMILES string of the molecule is CC(c1ccco1)N(C(=O)COc1ccc(Cl)c(Cl)c1)C1CC1. The van der Waals surface area contributed by atoms with Gasteiger partial charge in [0.2, 0.25) is 0 Å². The van der Waals surface area contributed by atoms with Crippen molar-refractivity contribution in [2.45, 2.75) is 31.8 Å². The zero-order chi connectivity index (χ0) is 16.4. The third kappa shape index (κ3) is 3.82. The second-order valence-corrected chi connectivity index (χ2v) is 6.40. The largest absolute Gasteiger partial charge is 0.484 e. The average Bonchev–Trinajstić information content (AvgIpc) is 3.20. The standard InChI is InChI=1S/C17H17Cl2NO3/c1-11(16-3-2-8-22-16)20(12-4-5-12)17(21)10-23-13-6-7-14(18)15(19)9-13/h2-3,6-9,11-12H,4-5,10H2,1H3. The Morgan fingerprint density at radius 3 is 2.74 bits per heavy atom. The fraction of sp³-hybridized carbons (Fsp3) is 0.353. The summed E-state index contributed by atoms with van der Waals surface area (Å²) in [5, 5.41) is 0.857. The normalized spacial score (nSPS) is 15.3. The lowest BCUT2D eigenvalue weighted by Crippen LogP contribution is -2.38. The van der Waals surface area contributed by atoms with E-state index >= 15 is 0 Å². The van der Waals surface area contributed by atoms with Crippen LogP contribution in [0.5, 0.6) is 5.75 Å². The van der Waals surface area contributed by atoms with Crippen molar-refractivity contribution in [1.29, 1.82) is 0 Å². The van der Waals surface area contributed by atoms with E-state index in [0.717, 1.165) is 18.6 Å². The van der Waals surface area contributed by atoms with Crippen LogP contribution in [0.15, 0.2) is 41.0 Å². The van der Waals surface area contributed by atoms with E-state index in [-0.39, 0.29) is 24.6 Å². The predicted molar refractivity (Wildman–Crippen MR) is 88.9 cm³/mol. The van der Waals surface area contributed by atoms with Gasteiger partial charge in [-0.05, 0) is 44.0 Å². The summed E-state index contributed by atoms with van der Waals surface area (Å²) in [5.41, 5.74) is 0. The Kier molecular flexibility index (Phi) is 4.83. The first kappa shape index (κ1) is 16.2. The summed E-state index contributed by atoms with van der Waals surface area (Å²) in [6, 6.07) is 8.81. The molecule has 1 fully saturated rings. The fourth-order valence-corrected chi connectivity index (χ4v) is 2.83. The minimum absolute atomic E-state index is 0.0422. The van der Waals surface area contributed by atoms with Crippen LogP contribution in [0.2, 0.25) is 10.0 Å². The van der Waals surface area contributed by atoms with Crippen LogP contribution in [0, 0.1) is 0 Å². The number of benzene rings is 1. The van der Waals surface area contributed by atoms with Crippen LogP contribution in [0.4, 0.5) is 0 Å². The third-order valence-electron chi connectivity index (χ3n) is 3.85. The number of amides is 1. The molecule has 122 valence electrons. The number of carbonyl (C=O) groups excluding carboxylic acids is 1. The van der Waals surface area contributed by atoms with Crippen molar-refractivity contribution in [1.82, 2.24) is 4.90 Å². The van der Waals surface area contributed by atoms with Gasteiger partial charge in [0.1, 0.15) is 11.5 Å². The summed E-state index contributed by atoms with van der Waals surface area (Å²) in [5.74, 6) is 1.23. The molecule has 0 radical (unpaired) electrons. The molecule has 1 atom stereocenters. The first-order valence-corrected chi connectivity index (χ1v) is 8.24. The summed E-state index contributed by atoms with van der Waals surface area (Å²) >= 11 is 11.8. The van der Waals surface area contributed by atoms with Gasteiger partial charge in [-0.25, -0.2) is 0 Å². The van der Waals surface area contributed by atoms with Crippen molar-refractivity contribution in [3.05, 3.63) is 52.4 Å². The van der Waals surface area contributed by atoms with Gasteiger partial charge in [-0.1, -0.05) is 23.2 Å². The Hall–Kier alpha value is -1.65. The Morgan fingerprint density at radius 1 is 1.35 bits per heavy atom. The lowest BCUT2D eigenvalue weighted by Gasteiger charge is -2.28. The van der Waals surface area contributed by atoms with Gasteiger partial charge in [0.15, 0.2) is 6.61 Å². The van der Waals surface area contributed by atoms with E-state index in [9.17, 15) is 4.79 Å². The highest BCUT2D eigenvalue weighted by atomic mass is 35.5. The van der Waals surface area contributed by atoms with Crippen LogP contribution < -0.4 is 4.74 Å². The van der Waals surface area contributed by atoms with Crippen LogP contribution >= 0.6 is 23.2 Å². The van der Waals surface area contributed by atoms with E-state index in [1.54, 1.807) is 24.5 Å². The quantitative estimate of drug-likeness (QED) is 0.754. The second kappa shape index (κ2) is 6.85. The predicted octanol–water partition coefficient (Wildman–Crippen LogP) is 4.72. The molecular formula is C17H17Cl2NO3. The van der Waals surface area contributed by atoms with E-state index in [4.69, 9.17) is 32.4 Å². The number of carbonyl (C=O) groups is 1. The highest BCUT2D eigenvalue weighted by molar-refractivity contribution is 6.42. The van der Waals surface area contributed by atoms with Gasteiger partial charge in [-0.15, -0.1) is 0 Å². The number of nitrogens with zero attached hydrogens (tertiary/aromatic N) is 1. The van der Waals surface area contributed by atoms with Gasteiger partial charge in [0, 0.05) is 12.1 Å². The molecule has 1 aromatic carbocycles. The number of hydrogen-bond acceptors (Lipinski definition) is 3. The summed E-state index contributed by atoms with van der Waals surface area (Å²) in [6.45, 7) is 1.92. The summed E-state index contributed by atoms with van der Waals surface area (Å²) in [4.78, 5) is 14.4. The Labute approximate surface area is 144 Å². The molecule has 1 amide bonds. The first-order valence-electron chi connectivity index (χ1n) is 7.48. The number of hydrogen-bond donors (Lipinski definition) is 0. The van der Waals surface area contributed by atoms with Crippen molar-refractivity contribution in [2.75, 3.05) is 6.61 Å². The summed E-state index contributed by atoms with van der Waals surface area (Å²) in [7, 11) is 0. The first-order chi connectivity index (χ1) is 11.1. The molecule has 0 aliphatic heterocycles. The molecule has 0 saturated heterocycles. The molecule has 1 aliphatic carbocycles. The molecule has 0 bridgehead atoms. The molecule has 0 spiro atoms. The maximum absolute atomic E-state index is 12.6. The Morgan fingerprint density at radius 2 is 2.13 bits per heavy atom. The molecular weight excluding hydrogens is 337 g/mol. The molecule has 1 saturated carbocycles. The maximum Gasteiger partial charge on any atom is 0.261 e. The van der Waals surface area contributed by atoms with Crippen molar-refractivity contribution in [3.8, 4) is 5.75 Å². The second-order valence-electron chi connectivity index (χ2n) is 5.59. The number of rotatable bonds is 6. The average molecular weight is 354 g/mol. The number of ether oxygens (including phenoxy) is 1. The van der Waals surface area contributed by atoms with Crippen molar-refractivity contribution < 1.29 is 13.9 Å². The molecule has 1 heterocycles. The third-order valence-corrected chi connectivity index (χ3v) is 4.59. The summed E-state index contributed by atoms with van der Waals surface area (Å²) < 4.78 is 11.0. The van der Waals surface area contributed by atoms with Crippen LogP contribution in [-0.2, 0) is 4.79 Å². The monoisotopic (exact) mass is 353 g/mol.